The molecular weight excluding hydrogens is 361 g/mol. The number of sulfonamides is 1. The monoisotopic (exact) mass is 373 g/mol. The smallest absolute Gasteiger partial charge is 0.338 e. The molecule has 0 aliphatic carbocycles. The second-order valence-corrected chi connectivity index (χ2v) is 7.27. The summed E-state index contributed by atoms with van der Waals surface area (Å²) < 4.78 is 30.6. The highest BCUT2D eigenvalue weighted by atomic mass is 35.5. The molecule has 0 aliphatic heterocycles. The number of benzene rings is 2. The Balaban J connectivity index is 2.06. The number of hydrogen-bond donors (Lipinski definition) is 1. The highest BCUT2D eigenvalue weighted by Crippen LogP contribution is 2.22. The predicted octanol–water partition coefficient (Wildman–Crippen LogP) is 3.26. The van der Waals surface area contributed by atoms with Crippen LogP contribution < -0.4 is 4.72 Å². The lowest BCUT2D eigenvalue weighted by Gasteiger charge is -2.08. The van der Waals surface area contributed by atoms with E-state index >= 15 is 0 Å². The van der Waals surface area contributed by atoms with Gasteiger partial charge in [-0.3, -0.25) is 0 Å². The summed E-state index contributed by atoms with van der Waals surface area (Å²) >= 11 is 11.8. The van der Waals surface area contributed by atoms with Gasteiger partial charge < -0.3 is 4.74 Å². The van der Waals surface area contributed by atoms with E-state index in [1.807, 2.05) is 0 Å². The fourth-order valence-electron chi connectivity index (χ4n) is 1.75. The summed E-state index contributed by atoms with van der Waals surface area (Å²) in [5.74, 6) is -0.579. The number of nitrogens with one attached hydrogen (secondary N) is 1. The lowest BCUT2D eigenvalue weighted by Crippen LogP contribution is -2.18. The van der Waals surface area contributed by atoms with Gasteiger partial charge in [0, 0.05) is 15.6 Å². The molecule has 0 atom stereocenters. The second kappa shape index (κ2) is 7.31. The van der Waals surface area contributed by atoms with Gasteiger partial charge in [-0.25, -0.2) is 17.9 Å². The molecule has 0 spiro atoms. The number of rotatable bonds is 5. The third-order valence-corrected chi connectivity index (χ3v) is 5.06. The van der Waals surface area contributed by atoms with Crippen molar-refractivity contribution in [1.82, 2.24) is 4.72 Å². The van der Waals surface area contributed by atoms with Gasteiger partial charge in [0.15, 0.2) is 0 Å². The topological polar surface area (TPSA) is 72.5 Å². The Hall–Kier alpha value is -1.60. The van der Waals surface area contributed by atoms with Crippen molar-refractivity contribution in [3.8, 4) is 0 Å². The third-order valence-electron chi connectivity index (χ3n) is 3.04. The number of carbonyl (C=O) groups is 1. The fourth-order valence-corrected chi connectivity index (χ4v) is 2.95. The summed E-state index contributed by atoms with van der Waals surface area (Å²) in [5, 5.41) is 0.896. The molecule has 0 saturated carbocycles. The SMILES string of the molecule is CNS(=O)(=O)c1ccc(C(=O)OCc2ccc(Cl)cc2Cl)cc1. The van der Waals surface area contributed by atoms with Crippen molar-refractivity contribution in [3.63, 3.8) is 0 Å². The average Bonchev–Trinajstić information content (AvgIpc) is 2.54. The van der Waals surface area contributed by atoms with Gasteiger partial charge in [-0.05, 0) is 43.4 Å². The number of hydrogen-bond acceptors (Lipinski definition) is 4. The Labute approximate surface area is 144 Å². The van der Waals surface area contributed by atoms with Crippen molar-refractivity contribution < 1.29 is 17.9 Å². The van der Waals surface area contributed by atoms with Gasteiger partial charge in [0.25, 0.3) is 0 Å². The van der Waals surface area contributed by atoms with E-state index < -0.39 is 16.0 Å². The van der Waals surface area contributed by atoms with Crippen molar-refractivity contribution in [2.24, 2.45) is 0 Å². The molecule has 8 heteroatoms. The van der Waals surface area contributed by atoms with Crippen LogP contribution in [0.15, 0.2) is 47.4 Å². The van der Waals surface area contributed by atoms with Crippen LogP contribution in [0.3, 0.4) is 0 Å². The normalized spacial score (nSPS) is 11.3. The minimum Gasteiger partial charge on any atom is -0.457 e. The van der Waals surface area contributed by atoms with Crippen molar-refractivity contribution >= 4 is 39.2 Å². The first-order chi connectivity index (χ1) is 10.8. The molecular formula is C15H13Cl2NO4S. The van der Waals surface area contributed by atoms with Crippen molar-refractivity contribution in [2.75, 3.05) is 7.05 Å². The summed E-state index contributed by atoms with van der Waals surface area (Å²) in [6.45, 7) is -0.00853. The lowest BCUT2D eigenvalue weighted by atomic mass is 10.2. The first-order valence-corrected chi connectivity index (χ1v) is 8.72. The van der Waals surface area contributed by atoms with Gasteiger partial charge in [0.2, 0.25) is 10.0 Å². The largest absolute Gasteiger partial charge is 0.457 e. The molecule has 0 aliphatic rings. The van der Waals surface area contributed by atoms with E-state index in [1.54, 1.807) is 18.2 Å². The molecule has 0 radical (unpaired) electrons. The summed E-state index contributed by atoms with van der Waals surface area (Å²) in [7, 11) is -2.22. The van der Waals surface area contributed by atoms with E-state index in [0.717, 1.165) is 0 Å². The molecule has 0 unspecified atom stereocenters. The number of esters is 1. The van der Waals surface area contributed by atoms with E-state index in [1.165, 1.54) is 31.3 Å². The van der Waals surface area contributed by atoms with Crippen LogP contribution in [-0.4, -0.2) is 21.4 Å². The van der Waals surface area contributed by atoms with Crippen LogP contribution in [-0.2, 0) is 21.4 Å². The van der Waals surface area contributed by atoms with Crippen LogP contribution in [0.5, 0.6) is 0 Å². The summed E-state index contributed by atoms with van der Waals surface area (Å²) in [5.41, 5.74) is 0.865. The molecule has 122 valence electrons. The number of halogens is 2. The molecule has 0 amide bonds. The minimum absolute atomic E-state index is 0.00853. The Morgan fingerprint density at radius 1 is 1.13 bits per heavy atom. The number of ether oxygens (including phenoxy) is 1. The van der Waals surface area contributed by atoms with Crippen LogP contribution in [0.4, 0.5) is 0 Å². The lowest BCUT2D eigenvalue weighted by molar-refractivity contribution is 0.0473. The van der Waals surface area contributed by atoms with E-state index in [2.05, 4.69) is 4.72 Å². The summed E-state index contributed by atoms with van der Waals surface area (Å²) in [6, 6.07) is 10.3. The van der Waals surface area contributed by atoms with Gasteiger partial charge in [-0.2, -0.15) is 0 Å². The van der Waals surface area contributed by atoms with E-state index in [-0.39, 0.29) is 17.1 Å². The Bertz CT molecular complexity index is 820. The van der Waals surface area contributed by atoms with Gasteiger partial charge in [-0.1, -0.05) is 29.3 Å². The van der Waals surface area contributed by atoms with Crippen LogP contribution in [0, 0.1) is 0 Å². The third kappa shape index (κ3) is 4.45. The second-order valence-electron chi connectivity index (χ2n) is 4.54. The quantitative estimate of drug-likeness (QED) is 0.816. The molecule has 23 heavy (non-hydrogen) atoms. The van der Waals surface area contributed by atoms with Crippen LogP contribution in [0.2, 0.25) is 10.0 Å². The molecule has 0 aromatic heterocycles. The molecule has 0 bridgehead atoms. The molecule has 0 heterocycles. The summed E-state index contributed by atoms with van der Waals surface area (Å²) in [4.78, 5) is 12.0. The zero-order valence-corrected chi connectivity index (χ0v) is 14.4. The summed E-state index contributed by atoms with van der Waals surface area (Å²) in [6.07, 6.45) is 0. The van der Waals surface area contributed by atoms with Gasteiger partial charge in [-0.15, -0.1) is 0 Å². The van der Waals surface area contributed by atoms with Crippen molar-refractivity contribution in [2.45, 2.75) is 11.5 Å². The van der Waals surface area contributed by atoms with Crippen molar-refractivity contribution in [3.05, 3.63) is 63.6 Å². The maximum absolute atomic E-state index is 12.0. The molecule has 1 N–H and O–H groups in total. The zero-order chi connectivity index (χ0) is 17.0. The Kier molecular flexibility index (Phi) is 5.64. The first kappa shape index (κ1) is 17.7. The van der Waals surface area contributed by atoms with Crippen LogP contribution in [0.1, 0.15) is 15.9 Å². The Morgan fingerprint density at radius 2 is 1.78 bits per heavy atom. The molecule has 2 rings (SSSR count). The van der Waals surface area contributed by atoms with Crippen LogP contribution in [0.25, 0.3) is 0 Å². The first-order valence-electron chi connectivity index (χ1n) is 6.48. The van der Waals surface area contributed by atoms with Gasteiger partial charge in [0.05, 0.1) is 10.5 Å². The molecule has 2 aromatic carbocycles. The molecule has 5 nitrogen and oxygen atoms in total. The fraction of sp³-hybridized carbons (Fsp3) is 0.133. The Morgan fingerprint density at radius 3 is 2.35 bits per heavy atom. The zero-order valence-electron chi connectivity index (χ0n) is 12.0. The van der Waals surface area contributed by atoms with E-state index in [9.17, 15) is 13.2 Å². The highest BCUT2D eigenvalue weighted by Gasteiger charge is 2.13. The van der Waals surface area contributed by atoms with Crippen molar-refractivity contribution in [1.29, 1.82) is 0 Å². The highest BCUT2D eigenvalue weighted by molar-refractivity contribution is 7.89. The molecule has 0 saturated heterocycles. The van der Waals surface area contributed by atoms with Gasteiger partial charge >= 0.3 is 5.97 Å². The standard InChI is InChI=1S/C15H13Cl2NO4S/c1-18-23(20,21)13-6-3-10(4-7-13)15(19)22-9-11-2-5-12(16)8-14(11)17/h2-8,18H,9H2,1H3. The number of carbonyl (C=O) groups excluding carboxylic acids is 1. The van der Waals surface area contributed by atoms with Crippen LogP contribution >= 0.6 is 23.2 Å². The maximum atomic E-state index is 12.0. The van der Waals surface area contributed by atoms with E-state index in [0.29, 0.717) is 15.6 Å². The van der Waals surface area contributed by atoms with E-state index in [4.69, 9.17) is 27.9 Å². The molecule has 2 aromatic rings. The minimum atomic E-state index is -3.54. The maximum Gasteiger partial charge on any atom is 0.338 e. The average molecular weight is 374 g/mol. The predicted molar refractivity (Wildman–Crippen MR) is 88.3 cm³/mol. The van der Waals surface area contributed by atoms with Gasteiger partial charge in [0.1, 0.15) is 6.61 Å². The molecule has 0 fully saturated rings.